The van der Waals surface area contributed by atoms with Gasteiger partial charge in [-0.05, 0) is 18.1 Å². The Morgan fingerprint density at radius 3 is 2.88 bits per heavy atom. The molecular formula is C13H13NO2. The molecule has 1 aliphatic rings. The SMILES string of the molecule is Cn1c2c(c3ccccc31)CC(C(=O)O)C2. The van der Waals surface area contributed by atoms with Crippen LogP contribution in [0.4, 0.5) is 0 Å². The molecule has 1 atom stereocenters. The van der Waals surface area contributed by atoms with Gasteiger partial charge in [0.05, 0.1) is 5.92 Å². The summed E-state index contributed by atoms with van der Waals surface area (Å²) in [4.78, 5) is 11.0. The van der Waals surface area contributed by atoms with Crippen molar-refractivity contribution in [3.63, 3.8) is 0 Å². The van der Waals surface area contributed by atoms with Gasteiger partial charge in [-0.25, -0.2) is 0 Å². The Labute approximate surface area is 93.3 Å². The molecule has 0 amide bonds. The van der Waals surface area contributed by atoms with Crippen LogP contribution in [0.15, 0.2) is 24.3 Å². The second-order valence-electron chi connectivity index (χ2n) is 4.44. The van der Waals surface area contributed by atoms with E-state index in [1.807, 2.05) is 19.2 Å². The zero-order valence-electron chi connectivity index (χ0n) is 9.10. The van der Waals surface area contributed by atoms with E-state index in [2.05, 4.69) is 16.7 Å². The highest BCUT2D eigenvalue weighted by Gasteiger charge is 2.31. The summed E-state index contributed by atoms with van der Waals surface area (Å²) in [5, 5.41) is 10.3. The minimum atomic E-state index is -0.680. The molecule has 3 rings (SSSR count). The number of rotatable bonds is 1. The molecule has 1 heterocycles. The van der Waals surface area contributed by atoms with Gasteiger partial charge in [0.1, 0.15) is 0 Å². The fourth-order valence-electron chi connectivity index (χ4n) is 2.74. The van der Waals surface area contributed by atoms with Crippen molar-refractivity contribution < 1.29 is 9.90 Å². The van der Waals surface area contributed by atoms with Crippen LogP contribution in [0.2, 0.25) is 0 Å². The monoisotopic (exact) mass is 215 g/mol. The van der Waals surface area contributed by atoms with Crippen LogP contribution >= 0.6 is 0 Å². The minimum Gasteiger partial charge on any atom is -0.481 e. The predicted octanol–water partition coefficient (Wildman–Crippen LogP) is 1.98. The van der Waals surface area contributed by atoms with Crippen LogP contribution in [-0.2, 0) is 24.7 Å². The number of aromatic nitrogens is 1. The standard InChI is InChI=1S/C13H13NO2/c1-14-11-5-3-2-4-9(11)10-6-8(13(15)16)7-12(10)14/h2-5,8H,6-7H2,1H3,(H,15,16). The summed E-state index contributed by atoms with van der Waals surface area (Å²) in [5.41, 5.74) is 3.62. The Morgan fingerprint density at radius 2 is 2.12 bits per heavy atom. The number of nitrogens with zero attached hydrogens (tertiary/aromatic N) is 1. The van der Waals surface area contributed by atoms with E-state index in [9.17, 15) is 4.79 Å². The first kappa shape index (κ1) is 9.46. The topological polar surface area (TPSA) is 42.2 Å². The van der Waals surface area contributed by atoms with Gasteiger partial charge < -0.3 is 9.67 Å². The summed E-state index contributed by atoms with van der Waals surface area (Å²) in [5.74, 6) is -0.916. The van der Waals surface area contributed by atoms with E-state index in [-0.39, 0.29) is 5.92 Å². The molecule has 0 fully saturated rings. The molecule has 1 aromatic heterocycles. The second-order valence-corrected chi connectivity index (χ2v) is 4.44. The van der Waals surface area contributed by atoms with Crippen molar-refractivity contribution in [3.8, 4) is 0 Å². The van der Waals surface area contributed by atoms with Crippen molar-refractivity contribution in [3.05, 3.63) is 35.5 Å². The van der Waals surface area contributed by atoms with Gasteiger partial charge in [0.2, 0.25) is 0 Å². The Bertz CT molecular complexity index is 583. The van der Waals surface area contributed by atoms with Crippen LogP contribution in [0.1, 0.15) is 11.3 Å². The average Bonchev–Trinajstić information content (AvgIpc) is 2.81. The summed E-state index contributed by atoms with van der Waals surface area (Å²) in [6.45, 7) is 0. The molecule has 3 heteroatoms. The maximum atomic E-state index is 11.0. The average molecular weight is 215 g/mol. The molecule has 0 aliphatic heterocycles. The molecule has 1 aliphatic carbocycles. The summed E-state index contributed by atoms with van der Waals surface area (Å²) in [6, 6.07) is 8.20. The number of carbonyl (C=O) groups is 1. The maximum absolute atomic E-state index is 11.0. The third kappa shape index (κ3) is 1.11. The third-order valence-electron chi connectivity index (χ3n) is 3.58. The molecule has 1 unspecified atom stereocenters. The van der Waals surface area contributed by atoms with E-state index in [0.29, 0.717) is 12.8 Å². The van der Waals surface area contributed by atoms with Gasteiger partial charge in [-0.3, -0.25) is 4.79 Å². The molecule has 2 aromatic rings. The lowest BCUT2D eigenvalue weighted by Crippen LogP contribution is -2.14. The molecule has 0 saturated heterocycles. The smallest absolute Gasteiger partial charge is 0.307 e. The zero-order valence-corrected chi connectivity index (χ0v) is 9.10. The number of para-hydroxylation sites is 1. The van der Waals surface area contributed by atoms with Gasteiger partial charge in [-0.15, -0.1) is 0 Å². The van der Waals surface area contributed by atoms with Gasteiger partial charge >= 0.3 is 5.97 Å². The highest BCUT2D eigenvalue weighted by Crippen LogP contribution is 2.34. The van der Waals surface area contributed by atoms with Gasteiger partial charge in [-0.1, -0.05) is 18.2 Å². The number of aryl methyl sites for hydroxylation is 1. The highest BCUT2D eigenvalue weighted by atomic mass is 16.4. The van der Waals surface area contributed by atoms with Crippen LogP contribution < -0.4 is 0 Å². The molecule has 0 radical (unpaired) electrons. The quantitative estimate of drug-likeness (QED) is 0.790. The van der Waals surface area contributed by atoms with Crippen molar-refractivity contribution in [2.75, 3.05) is 0 Å². The zero-order chi connectivity index (χ0) is 11.3. The van der Waals surface area contributed by atoms with Crippen molar-refractivity contribution >= 4 is 16.9 Å². The van der Waals surface area contributed by atoms with Crippen LogP contribution in [0.3, 0.4) is 0 Å². The lowest BCUT2D eigenvalue weighted by atomic mass is 10.1. The Kier molecular flexibility index (Phi) is 1.84. The number of carboxylic acids is 1. The van der Waals surface area contributed by atoms with Crippen molar-refractivity contribution in [2.24, 2.45) is 13.0 Å². The molecule has 82 valence electrons. The molecule has 1 N–H and O–H groups in total. The van der Waals surface area contributed by atoms with Gasteiger partial charge in [0.25, 0.3) is 0 Å². The van der Waals surface area contributed by atoms with Crippen molar-refractivity contribution in [2.45, 2.75) is 12.8 Å². The normalized spacial score (nSPS) is 18.9. The number of fused-ring (bicyclic) bond motifs is 3. The van der Waals surface area contributed by atoms with E-state index in [1.54, 1.807) is 0 Å². The molecule has 3 nitrogen and oxygen atoms in total. The number of benzene rings is 1. The van der Waals surface area contributed by atoms with E-state index in [4.69, 9.17) is 5.11 Å². The molecule has 0 spiro atoms. The first-order chi connectivity index (χ1) is 7.68. The van der Waals surface area contributed by atoms with Gasteiger partial charge in [-0.2, -0.15) is 0 Å². The largest absolute Gasteiger partial charge is 0.481 e. The predicted molar refractivity (Wildman–Crippen MR) is 61.5 cm³/mol. The fraction of sp³-hybridized carbons (Fsp3) is 0.308. The van der Waals surface area contributed by atoms with E-state index >= 15 is 0 Å². The first-order valence-corrected chi connectivity index (χ1v) is 5.46. The summed E-state index contributed by atoms with van der Waals surface area (Å²) in [6.07, 6.45) is 1.34. The first-order valence-electron chi connectivity index (χ1n) is 5.46. The number of hydrogen-bond acceptors (Lipinski definition) is 1. The lowest BCUT2D eigenvalue weighted by molar-refractivity contribution is -0.141. The van der Waals surface area contributed by atoms with Crippen LogP contribution in [-0.4, -0.2) is 15.6 Å². The fourth-order valence-corrected chi connectivity index (χ4v) is 2.74. The maximum Gasteiger partial charge on any atom is 0.307 e. The van der Waals surface area contributed by atoms with E-state index < -0.39 is 5.97 Å². The second kappa shape index (κ2) is 3.11. The van der Waals surface area contributed by atoms with Gasteiger partial charge in [0.15, 0.2) is 0 Å². The Hall–Kier alpha value is -1.77. The van der Waals surface area contributed by atoms with E-state index in [0.717, 1.165) is 0 Å². The lowest BCUT2D eigenvalue weighted by Gasteiger charge is -2.04. The van der Waals surface area contributed by atoms with E-state index in [1.165, 1.54) is 22.2 Å². The Morgan fingerprint density at radius 1 is 1.38 bits per heavy atom. The summed E-state index contributed by atoms with van der Waals surface area (Å²) in [7, 11) is 2.02. The van der Waals surface area contributed by atoms with Crippen molar-refractivity contribution in [1.82, 2.24) is 4.57 Å². The Balaban J connectivity index is 2.20. The number of aliphatic carboxylic acids is 1. The van der Waals surface area contributed by atoms with Crippen LogP contribution in [0.25, 0.3) is 10.9 Å². The third-order valence-corrected chi connectivity index (χ3v) is 3.58. The molecule has 0 bridgehead atoms. The number of hydrogen-bond donors (Lipinski definition) is 1. The van der Waals surface area contributed by atoms with Crippen LogP contribution in [0.5, 0.6) is 0 Å². The van der Waals surface area contributed by atoms with Crippen LogP contribution in [0, 0.1) is 5.92 Å². The summed E-state index contributed by atoms with van der Waals surface area (Å²) < 4.78 is 2.13. The molecule has 16 heavy (non-hydrogen) atoms. The van der Waals surface area contributed by atoms with Crippen molar-refractivity contribution in [1.29, 1.82) is 0 Å². The number of carboxylic acid groups (broad SMARTS) is 1. The molecule has 1 aromatic carbocycles. The summed E-state index contributed by atoms with van der Waals surface area (Å²) >= 11 is 0. The highest BCUT2D eigenvalue weighted by molar-refractivity contribution is 5.87. The van der Waals surface area contributed by atoms with Gasteiger partial charge in [0, 0.05) is 30.1 Å². The molecular weight excluding hydrogens is 202 g/mol. The molecule has 0 saturated carbocycles. The minimum absolute atomic E-state index is 0.235.